The SMILES string of the molecule is COc1ccc(-c2nnc(SCc3ccc(C(F)(F)F)cc3)n2-c2ccc(C)cc2)cc1. The number of halogens is 3. The molecule has 0 fully saturated rings. The number of benzene rings is 3. The lowest BCUT2D eigenvalue weighted by molar-refractivity contribution is -0.137. The molecule has 4 aromatic rings. The fourth-order valence-corrected chi connectivity index (χ4v) is 4.06. The highest BCUT2D eigenvalue weighted by molar-refractivity contribution is 7.98. The van der Waals surface area contributed by atoms with E-state index in [9.17, 15) is 13.2 Å². The second-order valence-corrected chi connectivity index (χ2v) is 8.13. The second-order valence-electron chi connectivity index (χ2n) is 7.19. The number of rotatable bonds is 6. The maximum atomic E-state index is 12.8. The quantitative estimate of drug-likeness (QED) is 0.309. The molecule has 8 heteroatoms. The van der Waals surface area contributed by atoms with Gasteiger partial charge in [-0.1, -0.05) is 41.6 Å². The number of methoxy groups -OCH3 is 1. The molecule has 0 aliphatic heterocycles. The van der Waals surface area contributed by atoms with Crippen molar-refractivity contribution in [3.8, 4) is 22.8 Å². The van der Waals surface area contributed by atoms with Gasteiger partial charge in [0.25, 0.3) is 0 Å². The summed E-state index contributed by atoms with van der Waals surface area (Å²) in [7, 11) is 1.61. The minimum absolute atomic E-state index is 0.463. The first-order valence-corrected chi connectivity index (χ1v) is 10.8. The van der Waals surface area contributed by atoms with Crippen molar-refractivity contribution in [3.63, 3.8) is 0 Å². The first kappa shape index (κ1) is 22.0. The molecular formula is C24H20F3N3OS. The topological polar surface area (TPSA) is 39.9 Å². The highest BCUT2D eigenvalue weighted by Gasteiger charge is 2.30. The standard InChI is InChI=1S/C24H20F3N3OS/c1-16-3-11-20(12-4-16)30-22(18-7-13-21(31-2)14-8-18)28-29-23(30)32-15-17-5-9-19(10-6-17)24(25,26)27/h3-14H,15H2,1-2H3. The highest BCUT2D eigenvalue weighted by atomic mass is 32.2. The molecule has 1 heterocycles. The number of aryl methyl sites for hydroxylation is 1. The van der Waals surface area contributed by atoms with Crippen LogP contribution in [0.2, 0.25) is 0 Å². The lowest BCUT2D eigenvalue weighted by atomic mass is 10.1. The zero-order valence-electron chi connectivity index (χ0n) is 17.4. The molecule has 32 heavy (non-hydrogen) atoms. The first-order valence-electron chi connectivity index (χ1n) is 9.81. The minimum atomic E-state index is -4.34. The summed E-state index contributed by atoms with van der Waals surface area (Å²) < 4.78 is 45.6. The van der Waals surface area contributed by atoms with Crippen LogP contribution in [0.15, 0.2) is 78.0 Å². The molecule has 0 saturated heterocycles. The zero-order chi connectivity index (χ0) is 22.7. The summed E-state index contributed by atoms with van der Waals surface area (Å²) in [5.74, 6) is 1.88. The van der Waals surface area contributed by atoms with E-state index in [-0.39, 0.29) is 0 Å². The molecule has 0 saturated carbocycles. The smallest absolute Gasteiger partial charge is 0.416 e. The van der Waals surface area contributed by atoms with Crippen molar-refractivity contribution in [3.05, 3.63) is 89.5 Å². The van der Waals surface area contributed by atoms with Crippen LogP contribution >= 0.6 is 11.8 Å². The van der Waals surface area contributed by atoms with Gasteiger partial charge in [-0.15, -0.1) is 10.2 Å². The fourth-order valence-electron chi connectivity index (χ4n) is 3.15. The molecule has 4 nitrogen and oxygen atoms in total. The van der Waals surface area contributed by atoms with E-state index in [1.54, 1.807) is 7.11 Å². The molecule has 4 rings (SSSR count). The van der Waals surface area contributed by atoms with Gasteiger partial charge in [-0.2, -0.15) is 13.2 Å². The second kappa shape index (κ2) is 9.08. The molecule has 3 aromatic carbocycles. The molecule has 0 aliphatic carbocycles. The van der Waals surface area contributed by atoms with Crippen LogP contribution < -0.4 is 4.74 Å². The fraction of sp³-hybridized carbons (Fsp3) is 0.167. The number of hydrogen-bond donors (Lipinski definition) is 0. The summed E-state index contributed by atoms with van der Waals surface area (Å²) in [5.41, 5.74) is 3.02. The molecule has 0 atom stereocenters. The molecule has 0 spiro atoms. The van der Waals surface area contributed by atoms with Gasteiger partial charge in [0.15, 0.2) is 11.0 Å². The molecule has 0 radical (unpaired) electrons. The Morgan fingerprint density at radius 2 is 1.53 bits per heavy atom. The number of nitrogens with zero attached hydrogens (tertiary/aromatic N) is 3. The van der Waals surface area contributed by atoms with Crippen LogP contribution in [-0.2, 0) is 11.9 Å². The van der Waals surface area contributed by atoms with Crippen molar-refractivity contribution in [1.29, 1.82) is 0 Å². The Hall–Kier alpha value is -3.26. The Balaban J connectivity index is 1.65. The van der Waals surface area contributed by atoms with Crippen LogP contribution in [0.5, 0.6) is 5.75 Å². The largest absolute Gasteiger partial charge is 0.497 e. The monoisotopic (exact) mass is 455 g/mol. The Morgan fingerprint density at radius 1 is 0.875 bits per heavy atom. The summed E-state index contributed by atoms with van der Waals surface area (Å²) in [5, 5.41) is 9.42. The van der Waals surface area contributed by atoms with Gasteiger partial charge in [0.1, 0.15) is 5.75 Å². The average molecular weight is 456 g/mol. The van der Waals surface area contributed by atoms with Gasteiger partial charge in [0.2, 0.25) is 0 Å². The molecule has 0 amide bonds. The van der Waals surface area contributed by atoms with Gasteiger partial charge in [-0.05, 0) is 61.0 Å². The van der Waals surface area contributed by atoms with Crippen molar-refractivity contribution >= 4 is 11.8 Å². The normalized spacial score (nSPS) is 11.5. The van der Waals surface area contributed by atoms with Crippen LogP contribution in [0.4, 0.5) is 13.2 Å². The lowest BCUT2D eigenvalue weighted by Gasteiger charge is -2.11. The van der Waals surface area contributed by atoms with E-state index < -0.39 is 11.7 Å². The van der Waals surface area contributed by atoms with Crippen LogP contribution in [0, 0.1) is 6.92 Å². The summed E-state index contributed by atoms with van der Waals surface area (Å²) in [6.45, 7) is 2.01. The molecule has 1 aromatic heterocycles. The number of ether oxygens (including phenoxy) is 1. The van der Waals surface area contributed by atoms with Crippen LogP contribution in [0.1, 0.15) is 16.7 Å². The van der Waals surface area contributed by atoms with E-state index in [0.29, 0.717) is 16.7 Å². The number of aromatic nitrogens is 3. The Bertz CT molecular complexity index is 1190. The Kier molecular flexibility index (Phi) is 6.23. The minimum Gasteiger partial charge on any atom is -0.497 e. The van der Waals surface area contributed by atoms with Gasteiger partial charge < -0.3 is 4.74 Å². The van der Waals surface area contributed by atoms with Crippen LogP contribution in [0.3, 0.4) is 0 Å². The third-order valence-corrected chi connectivity index (χ3v) is 5.92. The summed E-state index contributed by atoms with van der Waals surface area (Å²) in [4.78, 5) is 0. The first-order chi connectivity index (χ1) is 15.3. The molecular weight excluding hydrogens is 435 g/mol. The Labute approximate surface area is 188 Å². The Morgan fingerprint density at radius 3 is 2.12 bits per heavy atom. The van der Waals surface area contributed by atoms with Crippen LogP contribution in [0.25, 0.3) is 17.1 Å². The number of alkyl halides is 3. The van der Waals surface area contributed by atoms with E-state index in [1.165, 1.54) is 23.9 Å². The summed E-state index contributed by atoms with van der Waals surface area (Å²) >= 11 is 1.42. The van der Waals surface area contributed by atoms with Gasteiger partial charge in [-0.3, -0.25) is 4.57 Å². The van der Waals surface area contributed by atoms with Gasteiger partial charge in [-0.25, -0.2) is 0 Å². The van der Waals surface area contributed by atoms with Crippen molar-refractivity contribution in [2.45, 2.75) is 24.0 Å². The van der Waals surface area contributed by atoms with Crippen molar-refractivity contribution < 1.29 is 17.9 Å². The molecule has 164 valence electrons. The lowest BCUT2D eigenvalue weighted by Crippen LogP contribution is -2.04. The van der Waals surface area contributed by atoms with Crippen LogP contribution in [-0.4, -0.2) is 21.9 Å². The predicted octanol–water partition coefficient (Wildman–Crippen LogP) is 6.56. The van der Waals surface area contributed by atoms with E-state index in [1.807, 2.05) is 60.0 Å². The number of thioether (sulfide) groups is 1. The average Bonchev–Trinajstić information content (AvgIpc) is 3.22. The van der Waals surface area contributed by atoms with Crippen molar-refractivity contribution in [2.75, 3.05) is 7.11 Å². The third-order valence-electron chi connectivity index (χ3n) is 4.92. The third kappa shape index (κ3) is 4.80. The molecule has 0 bridgehead atoms. The van der Waals surface area contributed by atoms with E-state index >= 15 is 0 Å². The number of hydrogen-bond acceptors (Lipinski definition) is 4. The van der Waals surface area contributed by atoms with Crippen molar-refractivity contribution in [1.82, 2.24) is 14.8 Å². The van der Waals surface area contributed by atoms with Gasteiger partial charge in [0, 0.05) is 17.0 Å². The van der Waals surface area contributed by atoms with Gasteiger partial charge in [0.05, 0.1) is 12.7 Å². The van der Waals surface area contributed by atoms with Crippen molar-refractivity contribution in [2.24, 2.45) is 0 Å². The summed E-state index contributed by atoms with van der Waals surface area (Å²) in [6, 6.07) is 20.7. The summed E-state index contributed by atoms with van der Waals surface area (Å²) in [6.07, 6.45) is -4.34. The predicted molar refractivity (Wildman–Crippen MR) is 119 cm³/mol. The molecule has 0 aliphatic rings. The molecule has 0 unspecified atom stereocenters. The highest BCUT2D eigenvalue weighted by Crippen LogP contribution is 2.32. The maximum absolute atomic E-state index is 12.8. The molecule has 0 N–H and O–H groups in total. The zero-order valence-corrected chi connectivity index (χ0v) is 18.2. The van der Waals surface area contributed by atoms with E-state index in [2.05, 4.69) is 10.2 Å². The van der Waals surface area contributed by atoms with Gasteiger partial charge >= 0.3 is 6.18 Å². The van der Waals surface area contributed by atoms with E-state index in [0.717, 1.165) is 40.3 Å². The maximum Gasteiger partial charge on any atom is 0.416 e. The van der Waals surface area contributed by atoms with E-state index in [4.69, 9.17) is 4.74 Å².